The van der Waals surface area contributed by atoms with Crippen LogP contribution in [0.2, 0.25) is 0 Å². The number of aromatic nitrogens is 5. The van der Waals surface area contributed by atoms with E-state index in [1.165, 1.54) is 16.8 Å². The molecule has 0 fully saturated rings. The maximum absolute atomic E-state index is 14.4. The van der Waals surface area contributed by atoms with Crippen molar-refractivity contribution >= 4 is 22.8 Å². The van der Waals surface area contributed by atoms with E-state index in [1.807, 2.05) is 0 Å². The van der Waals surface area contributed by atoms with E-state index in [1.54, 1.807) is 45.9 Å². The highest BCUT2D eigenvalue weighted by molar-refractivity contribution is 6.05. The smallest absolute Gasteiger partial charge is 0.235 e. The van der Waals surface area contributed by atoms with Crippen LogP contribution in [-0.2, 0) is 23.2 Å². The molecule has 0 unspecified atom stereocenters. The molecule has 0 saturated carbocycles. The first kappa shape index (κ1) is 23.9. The largest absolute Gasteiger partial charge is 0.390 e. The number of pyridine rings is 1. The lowest BCUT2D eigenvalue weighted by Gasteiger charge is -2.21. The third kappa shape index (κ3) is 4.21. The Kier molecular flexibility index (Phi) is 5.59. The van der Waals surface area contributed by atoms with Crippen LogP contribution in [0.15, 0.2) is 36.5 Å². The molecule has 0 atom stereocenters. The zero-order valence-corrected chi connectivity index (χ0v) is 20.4. The Balaban J connectivity index is 1.68. The second kappa shape index (κ2) is 8.41. The lowest BCUT2D eigenvalue weighted by molar-refractivity contribution is -0.119. The van der Waals surface area contributed by atoms with Crippen LogP contribution in [0.1, 0.15) is 50.9 Å². The summed E-state index contributed by atoms with van der Waals surface area (Å²) in [5.41, 5.74) is 0.471. The second-order valence-corrected chi connectivity index (χ2v) is 10.2. The van der Waals surface area contributed by atoms with E-state index < -0.39 is 22.7 Å². The molecule has 4 aromatic rings. The third-order valence-electron chi connectivity index (χ3n) is 6.43. The van der Waals surface area contributed by atoms with Gasteiger partial charge in [0.1, 0.15) is 23.1 Å². The lowest BCUT2D eigenvalue weighted by atomic mass is 9.84. The molecule has 1 aromatic carbocycles. The Morgan fingerprint density at radius 3 is 2.64 bits per heavy atom. The highest BCUT2D eigenvalue weighted by Crippen LogP contribution is 2.40. The zero-order valence-electron chi connectivity index (χ0n) is 20.4. The summed E-state index contributed by atoms with van der Waals surface area (Å²) >= 11 is 0. The Morgan fingerprint density at radius 2 is 1.92 bits per heavy atom. The molecule has 2 N–H and O–H groups in total. The van der Waals surface area contributed by atoms with Crippen LogP contribution in [-0.4, -0.2) is 41.3 Å². The van der Waals surface area contributed by atoms with E-state index in [2.05, 4.69) is 20.4 Å². The monoisotopic (exact) mass is 492 g/mol. The fourth-order valence-corrected chi connectivity index (χ4v) is 4.44. The first-order valence-electron chi connectivity index (χ1n) is 11.6. The molecule has 36 heavy (non-hydrogen) atoms. The van der Waals surface area contributed by atoms with Gasteiger partial charge in [0, 0.05) is 11.1 Å². The number of carbonyl (C=O) groups excluding carboxylic acids is 1. The van der Waals surface area contributed by atoms with Crippen molar-refractivity contribution in [2.24, 2.45) is 0 Å². The number of benzene rings is 1. The van der Waals surface area contributed by atoms with Crippen molar-refractivity contribution in [2.45, 2.75) is 58.1 Å². The molecular formula is C26H26F2N6O2. The van der Waals surface area contributed by atoms with Crippen molar-refractivity contribution in [2.75, 3.05) is 5.32 Å². The number of fused-ring (bicyclic) bond motifs is 2. The van der Waals surface area contributed by atoms with Crippen LogP contribution in [0.5, 0.6) is 0 Å². The van der Waals surface area contributed by atoms with Gasteiger partial charge in [-0.3, -0.25) is 4.79 Å². The molecule has 5 rings (SSSR count). The fourth-order valence-electron chi connectivity index (χ4n) is 4.44. The van der Waals surface area contributed by atoms with Gasteiger partial charge in [0.25, 0.3) is 0 Å². The molecule has 0 saturated heterocycles. The molecule has 0 aliphatic carbocycles. The van der Waals surface area contributed by atoms with Gasteiger partial charge in [-0.25, -0.2) is 28.4 Å². The van der Waals surface area contributed by atoms with Gasteiger partial charge in [-0.15, -0.1) is 0 Å². The molecule has 10 heteroatoms. The maximum Gasteiger partial charge on any atom is 0.235 e. The predicted molar refractivity (Wildman–Crippen MR) is 130 cm³/mol. The number of rotatable bonds is 6. The molecule has 0 radical (unpaired) electrons. The number of carbonyl (C=O) groups is 1. The highest BCUT2D eigenvalue weighted by atomic mass is 19.1. The van der Waals surface area contributed by atoms with Gasteiger partial charge < -0.3 is 10.4 Å². The average molecular weight is 493 g/mol. The Labute approximate surface area is 206 Å². The van der Waals surface area contributed by atoms with Crippen molar-refractivity contribution in [3.05, 3.63) is 65.0 Å². The van der Waals surface area contributed by atoms with Gasteiger partial charge in [0.05, 0.1) is 34.8 Å². The fraction of sp³-hybridized carbons (Fsp3) is 0.346. The summed E-state index contributed by atoms with van der Waals surface area (Å²) in [4.78, 5) is 26.2. The van der Waals surface area contributed by atoms with Crippen LogP contribution in [0, 0.1) is 11.6 Å². The first-order valence-corrected chi connectivity index (χ1v) is 11.6. The summed E-state index contributed by atoms with van der Waals surface area (Å²) in [7, 11) is 0. The number of halogens is 2. The molecule has 8 nitrogen and oxygen atoms in total. The van der Waals surface area contributed by atoms with Gasteiger partial charge in [-0.2, -0.15) is 5.10 Å². The SMILES string of the molecule is CC(C)(O)CCc1nc(-c2nn(Cc3ccccc3F)c3ncc(F)cc23)nc2c1C(C)(C)C(=O)N2. The number of amides is 1. The minimum atomic E-state index is -0.945. The Morgan fingerprint density at radius 1 is 1.17 bits per heavy atom. The minimum Gasteiger partial charge on any atom is -0.390 e. The number of nitrogens with one attached hydrogen (secondary N) is 1. The molecule has 0 bridgehead atoms. The third-order valence-corrected chi connectivity index (χ3v) is 6.43. The van der Waals surface area contributed by atoms with E-state index in [0.717, 1.165) is 6.20 Å². The summed E-state index contributed by atoms with van der Waals surface area (Å²) in [5, 5.41) is 18.1. The predicted octanol–water partition coefficient (Wildman–Crippen LogP) is 4.15. The topological polar surface area (TPSA) is 106 Å². The van der Waals surface area contributed by atoms with E-state index >= 15 is 0 Å². The van der Waals surface area contributed by atoms with Gasteiger partial charge in [0.2, 0.25) is 5.91 Å². The van der Waals surface area contributed by atoms with Gasteiger partial charge in [-0.1, -0.05) is 18.2 Å². The molecule has 1 amide bonds. The van der Waals surface area contributed by atoms with Crippen molar-refractivity contribution < 1.29 is 18.7 Å². The lowest BCUT2D eigenvalue weighted by Crippen LogP contribution is -2.28. The van der Waals surface area contributed by atoms with Crippen LogP contribution < -0.4 is 5.32 Å². The quantitative estimate of drug-likeness (QED) is 0.419. The van der Waals surface area contributed by atoms with Crippen molar-refractivity contribution in [1.29, 1.82) is 0 Å². The number of anilines is 1. The Hall–Kier alpha value is -3.79. The van der Waals surface area contributed by atoms with E-state index in [-0.39, 0.29) is 24.0 Å². The number of aliphatic hydroxyl groups is 1. The van der Waals surface area contributed by atoms with Crippen LogP contribution in [0.3, 0.4) is 0 Å². The summed E-state index contributed by atoms with van der Waals surface area (Å²) < 4.78 is 30.1. The molecule has 4 heterocycles. The maximum atomic E-state index is 14.4. The summed E-state index contributed by atoms with van der Waals surface area (Å²) in [6, 6.07) is 7.62. The zero-order chi connectivity index (χ0) is 25.8. The summed E-state index contributed by atoms with van der Waals surface area (Å²) in [5.74, 6) is -0.621. The van der Waals surface area contributed by atoms with E-state index in [9.17, 15) is 18.7 Å². The molecular weight excluding hydrogens is 466 g/mol. The highest BCUT2D eigenvalue weighted by Gasteiger charge is 2.42. The number of aryl methyl sites for hydroxylation is 1. The van der Waals surface area contributed by atoms with Gasteiger partial charge in [-0.05, 0) is 52.7 Å². The average Bonchev–Trinajstić information content (AvgIpc) is 3.26. The molecule has 1 aliphatic heterocycles. The summed E-state index contributed by atoms with van der Waals surface area (Å²) in [6.07, 6.45) is 1.87. The van der Waals surface area contributed by atoms with E-state index in [0.29, 0.717) is 46.5 Å². The van der Waals surface area contributed by atoms with Crippen LogP contribution >= 0.6 is 0 Å². The van der Waals surface area contributed by atoms with Crippen molar-refractivity contribution in [3.8, 4) is 11.5 Å². The molecule has 3 aromatic heterocycles. The standard InChI is InChI=1S/C26H26F2N6O2/c1-25(2,36)10-9-18-19-21(32-24(35)26(19,3)4)31-22(30-18)20-16-11-15(27)12-29-23(16)34(33-20)13-14-7-5-6-8-17(14)28/h5-8,11-12,36H,9-10,13H2,1-4H3,(H,30,31,32,35). The van der Waals surface area contributed by atoms with Crippen LogP contribution in [0.25, 0.3) is 22.6 Å². The minimum absolute atomic E-state index is 0.0715. The van der Waals surface area contributed by atoms with Crippen molar-refractivity contribution in [1.82, 2.24) is 24.7 Å². The number of nitrogens with zero attached hydrogens (tertiary/aromatic N) is 5. The second-order valence-electron chi connectivity index (χ2n) is 10.2. The number of hydrogen-bond donors (Lipinski definition) is 2. The normalized spacial score (nSPS) is 14.8. The van der Waals surface area contributed by atoms with E-state index in [4.69, 9.17) is 4.98 Å². The number of hydrogen-bond acceptors (Lipinski definition) is 6. The summed E-state index contributed by atoms with van der Waals surface area (Å²) in [6.45, 7) is 7.07. The Bertz CT molecular complexity index is 1510. The molecule has 0 spiro atoms. The van der Waals surface area contributed by atoms with Crippen LogP contribution in [0.4, 0.5) is 14.6 Å². The van der Waals surface area contributed by atoms with Crippen molar-refractivity contribution in [3.63, 3.8) is 0 Å². The molecule has 1 aliphatic rings. The van der Waals surface area contributed by atoms with Gasteiger partial charge >= 0.3 is 0 Å². The van der Waals surface area contributed by atoms with Gasteiger partial charge in [0.15, 0.2) is 11.5 Å². The molecule has 186 valence electrons. The first-order chi connectivity index (χ1) is 16.9.